The summed E-state index contributed by atoms with van der Waals surface area (Å²) < 4.78 is 0.918. The number of hydrogen-bond acceptors (Lipinski definition) is 4. The van der Waals surface area contributed by atoms with Gasteiger partial charge in [0.15, 0.2) is 5.82 Å². The number of aromatic nitrogens is 2. The van der Waals surface area contributed by atoms with Crippen LogP contribution in [-0.2, 0) is 0 Å². The van der Waals surface area contributed by atoms with Crippen LogP contribution in [0, 0.1) is 20.8 Å². The minimum Gasteiger partial charge on any atom is -0.352 e. The third-order valence-corrected chi connectivity index (χ3v) is 6.22. The van der Waals surface area contributed by atoms with Crippen molar-refractivity contribution in [1.82, 2.24) is 15.1 Å². The van der Waals surface area contributed by atoms with Crippen molar-refractivity contribution in [2.45, 2.75) is 20.8 Å². The minimum atomic E-state index is 0.0719. The maximum Gasteiger partial charge on any atom is 0.254 e. The highest BCUT2D eigenvalue weighted by atomic mass is 79.9. The van der Waals surface area contributed by atoms with Crippen molar-refractivity contribution >= 4 is 27.7 Å². The lowest BCUT2D eigenvalue weighted by Crippen LogP contribution is -2.49. The summed E-state index contributed by atoms with van der Waals surface area (Å²) in [5.41, 5.74) is 6.48. The molecule has 0 unspecified atom stereocenters. The number of carbonyl (C=O) groups excluding carboxylic acids is 1. The Morgan fingerprint density at radius 2 is 1.60 bits per heavy atom. The van der Waals surface area contributed by atoms with E-state index >= 15 is 0 Å². The molecule has 1 fully saturated rings. The molecule has 0 aliphatic carbocycles. The van der Waals surface area contributed by atoms with E-state index in [-0.39, 0.29) is 5.91 Å². The minimum absolute atomic E-state index is 0.0719. The van der Waals surface area contributed by atoms with E-state index in [9.17, 15) is 4.79 Å². The predicted octanol–water partition coefficient (Wildman–Crippen LogP) is 4.79. The Kier molecular flexibility index (Phi) is 5.86. The SMILES string of the molecule is Cc1cc(C)c(-c2ccc(N3CCN(C(=O)c4cccc(Br)c4)CC3)nn2)cc1C. The molecule has 4 rings (SSSR count). The molecule has 0 radical (unpaired) electrons. The number of halogens is 1. The average molecular weight is 465 g/mol. The second kappa shape index (κ2) is 8.56. The monoisotopic (exact) mass is 464 g/mol. The molecule has 1 aromatic heterocycles. The van der Waals surface area contributed by atoms with Gasteiger partial charge in [-0.3, -0.25) is 4.79 Å². The van der Waals surface area contributed by atoms with Gasteiger partial charge in [-0.05, 0) is 73.9 Å². The van der Waals surface area contributed by atoms with Gasteiger partial charge in [-0.2, -0.15) is 0 Å². The van der Waals surface area contributed by atoms with Gasteiger partial charge >= 0.3 is 0 Å². The van der Waals surface area contributed by atoms with Crippen molar-refractivity contribution in [1.29, 1.82) is 0 Å². The molecular formula is C24H25BrN4O. The third-order valence-electron chi connectivity index (χ3n) is 5.73. The molecule has 0 N–H and O–H groups in total. The van der Waals surface area contributed by atoms with Crippen LogP contribution in [-0.4, -0.2) is 47.2 Å². The fourth-order valence-corrected chi connectivity index (χ4v) is 4.22. The molecule has 30 heavy (non-hydrogen) atoms. The van der Waals surface area contributed by atoms with Crippen LogP contribution >= 0.6 is 15.9 Å². The quantitative estimate of drug-likeness (QED) is 0.558. The van der Waals surface area contributed by atoms with E-state index in [1.54, 1.807) is 0 Å². The zero-order valence-electron chi connectivity index (χ0n) is 17.5. The lowest BCUT2D eigenvalue weighted by Gasteiger charge is -2.35. The third kappa shape index (κ3) is 4.24. The highest BCUT2D eigenvalue weighted by molar-refractivity contribution is 9.10. The Labute approximate surface area is 185 Å². The Morgan fingerprint density at radius 1 is 0.867 bits per heavy atom. The van der Waals surface area contributed by atoms with E-state index in [1.165, 1.54) is 16.7 Å². The van der Waals surface area contributed by atoms with Crippen LogP contribution in [0.4, 0.5) is 5.82 Å². The number of piperazine rings is 1. The zero-order valence-corrected chi connectivity index (χ0v) is 19.1. The maximum absolute atomic E-state index is 12.7. The largest absolute Gasteiger partial charge is 0.352 e. The molecule has 2 heterocycles. The summed E-state index contributed by atoms with van der Waals surface area (Å²) >= 11 is 3.43. The van der Waals surface area contributed by atoms with Gasteiger partial charge in [-0.1, -0.05) is 28.1 Å². The number of nitrogens with zero attached hydrogens (tertiary/aromatic N) is 4. The molecule has 154 valence electrons. The first-order chi connectivity index (χ1) is 14.4. The van der Waals surface area contributed by atoms with Crippen LogP contribution in [0.25, 0.3) is 11.3 Å². The fraction of sp³-hybridized carbons (Fsp3) is 0.292. The molecule has 1 aliphatic heterocycles. The van der Waals surface area contributed by atoms with Gasteiger partial charge in [0.25, 0.3) is 5.91 Å². The summed E-state index contributed by atoms with van der Waals surface area (Å²) in [6.45, 7) is 9.19. The number of aryl methyl sites for hydroxylation is 3. The second-order valence-electron chi connectivity index (χ2n) is 7.82. The van der Waals surface area contributed by atoms with Crippen LogP contribution < -0.4 is 4.90 Å². The normalized spacial score (nSPS) is 14.1. The molecule has 6 heteroatoms. The molecule has 0 atom stereocenters. The van der Waals surface area contributed by atoms with Crippen LogP contribution in [0.3, 0.4) is 0 Å². The first kappa shape index (κ1) is 20.5. The van der Waals surface area contributed by atoms with Crippen LogP contribution in [0.1, 0.15) is 27.0 Å². The molecule has 1 aliphatic rings. The van der Waals surface area contributed by atoms with Crippen molar-refractivity contribution in [3.8, 4) is 11.3 Å². The van der Waals surface area contributed by atoms with E-state index in [0.29, 0.717) is 18.7 Å². The molecule has 5 nitrogen and oxygen atoms in total. The molecule has 1 amide bonds. The van der Waals surface area contributed by atoms with E-state index in [2.05, 4.69) is 63.9 Å². The number of benzene rings is 2. The molecular weight excluding hydrogens is 440 g/mol. The maximum atomic E-state index is 12.7. The van der Waals surface area contributed by atoms with E-state index in [0.717, 1.165) is 34.6 Å². The van der Waals surface area contributed by atoms with Gasteiger partial charge in [0.2, 0.25) is 0 Å². The van der Waals surface area contributed by atoms with Crippen molar-refractivity contribution in [2.24, 2.45) is 0 Å². The van der Waals surface area contributed by atoms with E-state index in [4.69, 9.17) is 0 Å². The molecule has 0 bridgehead atoms. The van der Waals surface area contributed by atoms with Gasteiger partial charge in [0, 0.05) is 41.8 Å². The number of hydrogen-bond donors (Lipinski definition) is 0. The first-order valence-electron chi connectivity index (χ1n) is 10.1. The number of rotatable bonds is 3. The predicted molar refractivity (Wildman–Crippen MR) is 124 cm³/mol. The molecule has 1 saturated heterocycles. The smallest absolute Gasteiger partial charge is 0.254 e. The zero-order chi connectivity index (χ0) is 21.3. The van der Waals surface area contributed by atoms with Gasteiger partial charge in [-0.15, -0.1) is 10.2 Å². The Balaban J connectivity index is 1.43. The van der Waals surface area contributed by atoms with Crippen LogP contribution in [0.2, 0.25) is 0 Å². The van der Waals surface area contributed by atoms with Crippen molar-refractivity contribution in [3.63, 3.8) is 0 Å². The molecule has 2 aromatic carbocycles. The highest BCUT2D eigenvalue weighted by Crippen LogP contribution is 2.26. The summed E-state index contributed by atoms with van der Waals surface area (Å²) in [5.74, 6) is 0.928. The average Bonchev–Trinajstić information content (AvgIpc) is 2.76. The Bertz CT molecular complexity index is 1070. The molecule has 0 saturated carbocycles. The van der Waals surface area contributed by atoms with Crippen molar-refractivity contribution < 1.29 is 4.79 Å². The summed E-state index contributed by atoms with van der Waals surface area (Å²) in [5, 5.41) is 8.97. The first-order valence-corrected chi connectivity index (χ1v) is 10.9. The molecule has 3 aromatic rings. The lowest BCUT2D eigenvalue weighted by atomic mass is 9.99. The second-order valence-corrected chi connectivity index (χ2v) is 8.73. The summed E-state index contributed by atoms with van der Waals surface area (Å²) in [4.78, 5) is 16.8. The Morgan fingerprint density at radius 3 is 2.27 bits per heavy atom. The van der Waals surface area contributed by atoms with Gasteiger partial charge in [0.1, 0.15) is 0 Å². The summed E-state index contributed by atoms with van der Waals surface area (Å²) in [6, 6.07) is 16.0. The standard InChI is InChI=1S/C24H25BrN4O/c1-16-13-18(3)21(14-17(16)2)22-7-8-23(27-26-22)28-9-11-29(12-10-28)24(30)19-5-4-6-20(25)15-19/h4-8,13-15H,9-12H2,1-3H3. The Hall–Kier alpha value is -2.73. The number of anilines is 1. The van der Waals surface area contributed by atoms with Gasteiger partial charge in [0.05, 0.1) is 5.69 Å². The molecule has 0 spiro atoms. The summed E-state index contributed by atoms with van der Waals surface area (Å²) in [7, 11) is 0. The topological polar surface area (TPSA) is 49.3 Å². The summed E-state index contributed by atoms with van der Waals surface area (Å²) in [6.07, 6.45) is 0. The van der Waals surface area contributed by atoms with Crippen LogP contribution in [0.5, 0.6) is 0 Å². The van der Waals surface area contributed by atoms with Gasteiger partial charge in [-0.25, -0.2) is 0 Å². The van der Waals surface area contributed by atoms with E-state index in [1.807, 2.05) is 41.3 Å². The van der Waals surface area contributed by atoms with Gasteiger partial charge < -0.3 is 9.80 Å². The lowest BCUT2D eigenvalue weighted by molar-refractivity contribution is 0.0746. The van der Waals surface area contributed by atoms with Crippen molar-refractivity contribution in [2.75, 3.05) is 31.1 Å². The van der Waals surface area contributed by atoms with E-state index < -0.39 is 0 Å². The fourth-order valence-electron chi connectivity index (χ4n) is 3.82. The van der Waals surface area contributed by atoms with Crippen molar-refractivity contribution in [3.05, 3.63) is 75.3 Å². The van der Waals surface area contributed by atoms with Crippen LogP contribution in [0.15, 0.2) is 53.0 Å². The highest BCUT2D eigenvalue weighted by Gasteiger charge is 2.23. The number of carbonyl (C=O) groups is 1. The number of amides is 1.